The van der Waals surface area contributed by atoms with Crippen molar-refractivity contribution in [3.63, 3.8) is 0 Å². The molecule has 2 amide bonds. The number of hydrogen-bond acceptors (Lipinski definition) is 3. The van der Waals surface area contributed by atoms with E-state index in [0.29, 0.717) is 19.1 Å². The van der Waals surface area contributed by atoms with Gasteiger partial charge in [0.25, 0.3) is 0 Å². The molecule has 2 N–H and O–H groups in total. The van der Waals surface area contributed by atoms with Crippen molar-refractivity contribution >= 4 is 12.0 Å². The van der Waals surface area contributed by atoms with E-state index in [1.54, 1.807) is 0 Å². The molecule has 2 aliphatic rings. The first-order chi connectivity index (χ1) is 9.63. The highest BCUT2D eigenvalue weighted by Crippen LogP contribution is 2.27. The number of carbonyl (C=O) groups excluding carboxylic acids is 1. The van der Waals surface area contributed by atoms with Gasteiger partial charge in [-0.05, 0) is 18.8 Å². The molecule has 6 nitrogen and oxygen atoms in total. The van der Waals surface area contributed by atoms with Crippen LogP contribution in [0, 0.1) is 5.92 Å². The minimum Gasteiger partial charge on any atom is -0.480 e. The highest BCUT2D eigenvalue weighted by Gasteiger charge is 2.34. The van der Waals surface area contributed by atoms with Gasteiger partial charge < -0.3 is 20.1 Å². The van der Waals surface area contributed by atoms with E-state index < -0.39 is 12.0 Å². The molecule has 0 aromatic heterocycles. The second-order valence-electron chi connectivity index (χ2n) is 5.63. The van der Waals surface area contributed by atoms with E-state index in [2.05, 4.69) is 12.2 Å². The van der Waals surface area contributed by atoms with Gasteiger partial charge in [0.05, 0.1) is 13.2 Å². The zero-order valence-corrected chi connectivity index (χ0v) is 12.0. The summed E-state index contributed by atoms with van der Waals surface area (Å²) in [4.78, 5) is 24.9. The first-order valence-corrected chi connectivity index (χ1v) is 7.51. The van der Waals surface area contributed by atoms with Crippen LogP contribution in [-0.4, -0.2) is 53.8 Å². The van der Waals surface area contributed by atoms with Gasteiger partial charge in [0, 0.05) is 12.6 Å². The average Bonchev–Trinajstić information content (AvgIpc) is 2.47. The molecule has 114 valence electrons. The highest BCUT2D eigenvalue weighted by atomic mass is 16.5. The van der Waals surface area contributed by atoms with Crippen LogP contribution in [0.25, 0.3) is 0 Å². The second-order valence-corrected chi connectivity index (χ2v) is 5.63. The van der Waals surface area contributed by atoms with Crippen molar-refractivity contribution < 1.29 is 19.4 Å². The zero-order valence-electron chi connectivity index (χ0n) is 12.0. The SMILES string of the molecule is CCC1CCCCC1NC(=O)N1CCOCC1C(=O)O. The van der Waals surface area contributed by atoms with Gasteiger partial charge in [-0.2, -0.15) is 0 Å². The Morgan fingerprint density at radius 3 is 2.80 bits per heavy atom. The lowest BCUT2D eigenvalue weighted by Gasteiger charge is -2.37. The Bertz CT molecular complexity index is 361. The van der Waals surface area contributed by atoms with E-state index in [0.717, 1.165) is 25.7 Å². The van der Waals surface area contributed by atoms with E-state index >= 15 is 0 Å². The molecule has 2 fully saturated rings. The molecule has 1 saturated carbocycles. The molecule has 1 aliphatic heterocycles. The summed E-state index contributed by atoms with van der Waals surface area (Å²) in [5.41, 5.74) is 0. The summed E-state index contributed by atoms with van der Waals surface area (Å²) >= 11 is 0. The Labute approximate surface area is 119 Å². The third-order valence-corrected chi connectivity index (χ3v) is 4.42. The number of nitrogens with one attached hydrogen (secondary N) is 1. The largest absolute Gasteiger partial charge is 0.480 e. The molecular formula is C14H24N2O4. The molecule has 1 heterocycles. The summed E-state index contributed by atoms with van der Waals surface area (Å²) in [7, 11) is 0. The predicted octanol–water partition coefficient (Wildman–Crippen LogP) is 1.45. The Hall–Kier alpha value is -1.30. The number of rotatable bonds is 3. The smallest absolute Gasteiger partial charge is 0.328 e. The van der Waals surface area contributed by atoms with Crippen LogP contribution < -0.4 is 5.32 Å². The first-order valence-electron chi connectivity index (χ1n) is 7.51. The molecule has 0 aromatic rings. The van der Waals surface area contributed by atoms with Crippen molar-refractivity contribution in [2.45, 2.75) is 51.1 Å². The highest BCUT2D eigenvalue weighted by molar-refractivity contribution is 5.83. The Morgan fingerprint density at radius 2 is 2.10 bits per heavy atom. The minimum absolute atomic E-state index is 0.0740. The number of aliphatic carboxylic acids is 1. The van der Waals surface area contributed by atoms with Gasteiger partial charge in [-0.1, -0.05) is 26.2 Å². The molecule has 0 spiro atoms. The van der Waals surface area contributed by atoms with Gasteiger partial charge in [-0.15, -0.1) is 0 Å². The van der Waals surface area contributed by atoms with Crippen LogP contribution in [0.1, 0.15) is 39.0 Å². The summed E-state index contributed by atoms with van der Waals surface area (Å²) in [5, 5.41) is 12.2. The number of urea groups is 1. The lowest BCUT2D eigenvalue weighted by Crippen LogP contribution is -2.58. The van der Waals surface area contributed by atoms with Crippen LogP contribution in [0.2, 0.25) is 0 Å². The molecule has 6 heteroatoms. The first kappa shape index (κ1) is 15.1. The zero-order chi connectivity index (χ0) is 14.5. The fourth-order valence-electron chi connectivity index (χ4n) is 3.18. The molecule has 1 saturated heterocycles. The Kier molecular flexibility index (Phi) is 5.23. The van der Waals surface area contributed by atoms with Crippen LogP contribution in [0.4, 0.5) is 4.79 Å². The van der Waals surface area contributed by atoms with Gasteiger partial charge in [0.2, 0.25) is 0 Å². The maximum Gasteiger partial charge on any atom is 0.328 e. The van der Waals surface area contributed by atoms with Crippen LogP contribution in [0.5, 0.6) is 0 Å². The summed E-state index contributed by atoms with van der Waals surface area (Å²) in [6, 6.07) is -0.947. The van der Waals surface area contributed by atoms with E-state index in [9.17, 15) is 9.59 Å². The van der Waals surface area contributed by atoms with Crippen molar-refractivity contribution in [1.29, 1.82) is 0 Å². The van der Waals surface area contributed by atoms with E-state index in [-0.39, 0.29) is 18.7 Å². The van der Waals surface area contributed by atoms with Gasteiger partial charge >= 0.3 is 12.0 Å². The van der Waals surface area contributed by atoms with E-state index in [1.807, 2.05) is 0 Å². The number of ether oxygens (including phenoxy) is 1. The monoisotopic (exact) mass is 284 g/mol. The number of carboxylic acid groups (broad SMARTS) is 1. The van der Waals surface area contributed by atoms with Crippen molar-refractivity contribution in [2.24, 2.45) is 5.92 Å². The van der Waals surface area contributed by atoms with Crippen LogP contribution in [0.15, 0.2) is 0 Å². The molecule has 3 unspecified atom stereocenters. The molecule has 2 rings (SSSR count). The lowest BCUT2D eigenvalue weighted by molar-refractivity contribution is -0.147. The second kappa shape index (κ2) is 6.92. The molecular weight excluding hydrogens is 260 g/mol. The van der Waals surface area contributed by atoms with Gasteiger partial charge in [-0.25, -0.2) is 9.59 Å². The average molecular weight is 284 g/mol. The third-order valence-electron chi connectivity index (χ3n) is 4.42. The number of hydrogen-bond donors (Lipinski definition) is 2. The van der Waals surface area contributed by atoms with Crippen LogP contribution in [-0.2, 0) is 9.53 Å². The molecule has 0 aromatic carbocycles. The quantitative estimate of drug-likeness (QED) is 0.822. The Morgan fingerprint density at radius 1 is 1.35 bits per heavy atom. The molecule has 3 atom stereocenters. The fraction of sp³-hybridized carbons (Fsp3) is 0.857. The summed E-state index contributed by atoms with van der Waals surface area (Å²) in [5.74, 6) is -0.493. The summed E-state index contributed by atoms with van der Waals surface area (Å²) < 4.78 is 5.15. The minimum atomic E-state index is -1.00. The van der Waals surface area contributed by atoms with Gasteiger partial charge in [0.1, 0.15) is 0 Å². The van der Waals surface area contributed by atoms with Crippen molar-refractivity contribution in [1.82, 2.24) is 10.2 Å². The van der Waals surface area contributed by atoms with Crippen molar-refractivity contribution in [2.75, 3.05) is 19.8 Å². The lowest BCUT2D eigenvalue weighted by atomic mass is 9.83. The van der Waals surface area contributed by atoms with Crippen molar-refractivity contribution in [3.05, 3.63) is 0 Å². The number of morpholine rings is 1. The number of carbonyl (C=O) groups is 2. The molecule has 1 aliphatic carbocycles. The molecule has 0 bridgehead atoms. The standard InChI is InChI=1S/C14H24N2O4/c1-2-10-5-3-4-6-11(10)15-14(19)16-7-8-20-9-12(16)13(17)18/h10-12H,2-9H2,1H3,(H,15,19)(H,17,18). The molecule has 0 radical (unpaired) electrons. The summed E-state index contributed by atoms with van der Waals surface area (Å²) in [6.07, 6.45) is 5.54. The number of amides is 2. The van der Waals surface area contributed by atoms with E-state index in [4.69, 9.17) is 9.84 Å². The third kappa shape index (κ3) is 3.42. The van der Waals surface area contributed by atoms with Crippen LogP contribution in [0.3, 0.4) is 0 Å². The summed E-state index contributed by atoms with van der Waals surface area (Å²) in [6.45, 7) is 2.96. The number of nitrogens with zero attached hydrogens (tertiary/aromatic N) is 1. The molecule has 20 heavy (non-hydrogen) atoms. The topological polar surface area (TPSA) is 78.9 Å². The maximum atomic E-state index is 12.3. The maximum absolute atomic E-state index is 12.3. The predicted molar refractivity (Wildman–Crippen MR) is 73.5 cm³/mol. The Balaban J connectivity index is 1.96. The van der Waals surface area contributed by atoms with Crippen LogP contribution >= 0.6 is 0 Å². The van der Waals surface area contributed by atoms with Gasteiger partial charge in [0.15, 0.2) is 6.04 Å². The number of carboxylic acids is 1. The van der Waals surface area contributed by atoms with Crippen molar-refractivity contribution in [3.8, 4) is 0 Å². The van der Waals surface area contributed by atoms with Gasteiger partial charge in [-0.3, -0.25) is 0 Å². The fourth-order valence-corrected chi connectivity index (χ4v) is 3.18. The van der Waals surface area contributed by atoms with E-state index in [1.165, 1.54) is 11.3 Å². The normalized spacial score (nSPS) is 30.9.